The summed E-state index contributed by atoms with van der Waals surface area (Å²) in [6.45, 7) is 0.854. The lowest BCUT2D eigenvalue weighted by molar-refractivity contribution is 0.685. The van der Waals surface area contributed by atoms with Gasteiger partial charge in [-0.05, 0) is 6.42 Å². The van der Waals surface area contributed by atoms with E-state index in [0.29, 0.717) is 0 Å². The number of hydrogen-bond acceptors (Lipinski definition) is 4. The van der Waals surface area contributed by atoms with E-state index in [1.54, 1.807) is 23.8 Å². The SMILES string of the molecule is CS(=O)CCCNc1nccs1. The summed E-state index contributed by atoms with van der Waals surface area (Å²) < 4.78 is 10.7. The molecule has 1 aromatic rings. The molecule has 5 heteroatoms. The smallest absolute Gasteiger partial charge is 0.182 e. The van der Waals surface area contributed by atoms with Crippen LogP contribution in [0.2, 0.25) is 0 Å². The maximum atomic E-state index is 10.7. The van der Waals surface area contributed by atoms with E-state index < -0.39 is 10.8 Å². The van der Waals surface area contributed by atoms with Crippen LogP contribution in [0.3, 0.4) is 0 Å². The predicted molar refractivity (Wildman–Crippen MR) is 54.2 cm³/mol. The van der Waals surface area contributed by atoms with E-state index in [2.05, 4.69) is 10.3 Å². The molecule has 0 saturated heterocycles. The second-order valence-corrected chi connectivity index (χ2v) is 4.84. The second-order valence-electron chi connectivity index (χ2n) is 2.39. The van der Waals surface area contributed by atoms with E-state index in [9.17, 15) is 4.21 Å². The van der Waals surface area contributed by atoms with Crippen molar-refractivity contribution in [3.05, 3.63) is 11.6 Å². The summed E-state index contributed by atoms with van der Waals surface area (Å²) in [7, 11) is -0.671. The van der Waals surface area contributed by atoms with Gasteiger partial charge < -0.3 is 5.32 Å². The first kappa shape index (κ1) is 9.67. The van der Waals surface area contributed by atoms with Crippen molar-refractivity contribution in [2.45, 2.75) is 6.42 Å². The lowest BCUT2D eigenvalue weighted by atomic mass is 10.5. The third kappa shape index (κ3) is 3.82. The van der Waals surface area contributed by atoms with Crippen LogP contribution in [-0.2, 0) is 10.8 Å². The minimum absolute atomic E-state index is 0.671. The fraction of sp³-hybridized carbons (Fsp3) is 0.571. The maximum absolute atomic E-state index is 10.7. The summed E-state index contributed by atoms with van der Waals surface area (Å²) in [5.74, 6) is 0.762. The highest BCUT2D eigenvalue weighted by molar-refractivity contribution is 7.84. The number of nitrogens with one attached hydrogen (secondary N) is 1. The van der Waals surface area contributed by atoms with Crippen LogP contribution < -0.4 is 5.32 Å². The summed E-state index contributed by atoms with van der Waals surface area (Å²) in [4.78, 5) is 4.06. The van der Waals surface area contributed by atoms with Crippen LogP contribution >= 0.6 is 11.3 Å². The van der Waals surface area contributed by atoms with Crippen LogP contribution in [0.15, 0.2) is 11.6 Å². The molecule has 0 spiro atoms. The summed E-state index contributed by atoms with van der Waals surface area (Å²) in [5, 5.41) is 6.03. The minimum Gasteiger partial charge on any atom is -0.361 e. The van der Waals surface area contributed by atoms with E-state index in [4.69, 9.17) is 0 Å². The highest BCUT2D eigenvalue weighted by Gasteiger charge is 1.94. The molecule has 0 saturated carbocycles. The van der Waals surface area contributed by atoms with Crippen molar-refractivity contribution in [3.63, 3.8) is 0 Å². The number of nitrogens with zero attached hydrogens (tertiary/aromatic N) is 1. The van der Waals surface area contributed by atoms with Crippen LogP contribution in [0.1, 0.15) is 6.42 Å². The molecule has 1 aromatic heterocycles. The van der Waals surface area contributed by atoms with Gasteiger partial charge in [0.1, 0.15) is 0 Å². The van der Waals surface area contributed by atoms with Gasteiger partial charge in [-0.3, -0.25) is 4.21 Å². The number of hydrogen-bond donors (Lipinski definition) is 1. The lowest BCUT2D eigenvalue weighted by Crippen LogP contribution is -2.05. The van der Waals surface area contributed by atoms with E-state index in [-0.39, 0.29) is 0 Å². The van der Waals surface area contributed by atoms with Gasteiger partial charge in [0.15, 0.2) is 5.13 Å². The fourth-order valence-electron chi connectivity index (χ4n) is 0.781. The molecule has 0 bridgehead atoms. The molecule has 1 unspecified atom stereocenters. The highest BCUT2D eigenvalue weighted by Crippen LogP contribution is 2.09. The Kier molecular flexibility index (Phi) is 4.24. The molecule has 68 valence electrons. The normalized spacial score (nSPS) is 12.8. The number of thiazole rings is 1. The van der Waals surface area contributed by atoms with Crippen molar-refractivity contribution in [2.75, 3.05) is 23.9 Å². The first-order valence-corrected chi connectivity index (χ1v) is 6.33. The van der Waals surface area contributed by atoms with Gasteiger partial charge in [0.2, 0.25) is 0 Å². The molecule has 0 fully saturated rings. The van der Waals surface area contributed by atoms with E-state index in [1.807, 2.05) is 5.38 Å². The Bertz CT molecular complexity index is 236. The molecule has 0 aliphatic rings. The molecule has 12 heavy (non-hydrogen) atoms. The van der Waals surface area contributed by atoms with Gasteiger partial charge in [0, 0.05) is 40.9 Å². The Balaban J connectivity index is 2.07. The molecule has 0 aliphatic heterocycles. The third-order valence-electron chi connectivity index (χ3n) is 1.32. The fourth-order valence-corrected chi connectivity index (χ4v) is 1.89. The summed E-state index contributed by atoms with van der Waals surface area (Å²) in [5.41, 5.74) is 0. The van der Waals surface area contributed by atoms with Crippen molar-refractivity contribution >= 4 is 27.3 Å². The molecule has 1 atom stereocenters. The standard InChI is InChI=1S/C7H12N2OS2/c1-12(10)6-2-3-8-7-9-4-5-11-7/h4-5H,2-3,6H2,1H3,(H,8,9). The zero-order valence-corrected chi connectivity index (χ0v) is 8.58. The Labute approximate surface area is 78.7 Å². The van der Waals surface area contributed by atoms with Gasteiger partial charge in [-0.2, -0.15) is 0 Å². The Morgan fingerprint density at radius 2 is 2.58 bits per heavy atom. The largest absolute Gasteiger partial charge is 0.361 e. The molecular formula is C7H12N2OS2. The lowest BCUT2D eigenvalue weighted by Gasteiger charge is -1.99. The van der Waals surface area contributed by atoms with Gasteiger partial charge in [-0.25, -0.2) is 4.98 Å². The van der Waals surface area contributed by atoms with Gasteiger partial charge in [-0.1, -0.05) is 0 Å². The topological polar surface area (TPSA) is 42.0 Å². The van der Waals surface area contributed by atoms with E-state index in [1.165, 1.54) is 0 Å². The molecule has 1 heterocycles. The monoisotopic (exact) mass is 204 g/mol. The molecule has 3 nitrogen and oxygen atoms in total. The van der Waals surface area contributed by atoms with Crippen LogP contribution in [0.4, 0.5) is 5.13 Å². The quantitative estimate of drug-likeness (QED) is 0.736. The average molecular weight is 204 g/mol. The summed E-state index contributed by atoms with van der Waals surface area (Å²) in [6.07, 6.45) is 4.43. The molecule has 0 amide bonds. The van der Waals surface area contributed by atoms with Crippen LogP contribution in [0.25, 0.3) is 0 Å². The maximum Gasteiger partial charge on any atom is 0.182 e. The molecule has 0 radical (unpaired) electrons. The molecule has 1 N–H and O–H groups in total. The Hall–Kier alpha value is -0.420. The minimum atomic E-state index is -0.671. The van der Waals surface area contributed by atoms with E-state index >= 15 is 0 Å². The Morgan fingerprint density at radius 1 is 1.75 bits per heavy atom. The number of aromatic nitrogens is 1. The molecule has 0 aromatic carbocycles. The van der Waals surface area contributed by atoms with Crippen molar-refractivity contribution in [3.8, 4) is 0 Å². The first-order chi connectivity index (χ1) is 5.79. The third-order valence-corrected chi connectivity index (χ3v) is 2.91. The van der Waals surface area contributed by atoms with Gasteiger partial charge in [0.25, 0.3) is 0 Å². The first-order valence-electron chi connectivity index (χ1n) is 3.72. The van der Waals surface area contributed by atoms with Gasteiger partial charge in [0.05, 0.1) is 0 Å². The van der Waals surface area contributed by atoms with Crippen molar-refractivity contribution in [1.82, 2.24) is 4.98 Å². The van der Waals surface area contributed by atoms with Crippen molar-refractivity contribution in [2.24, 2.45) is 0 Å². The van der Waals surface area contributed by atoms with Crippen LogP contribution in [-0.4, -0.2) is 27.7 Å². The summed E-state index contributed by atoms with van der Waals surface area (Å²) in [6, 6.07) is 0. The van der Waals surface area contributed by atoms with Crippen molar-refractivity contribution < 1.29 is 4.21 Å². The summed E-state index contributed by atoms with van der Waals surface area (Å²) >= 11 is 1.58. The van der Waals surface area contributed by atoms with Crippen molar-refractivity contribution in [1.29, 1.82) is 0 Å². The van der Waals surface area contributed by atoms with Gasteiger partial charge in [-0.15, -0.1) is 11.3 Å². The second kappa shape index (κ2) is 5.27. The van der Waals surface area contributed by atoms with Crippen LogP contribution in [0, 0.1) is 0 Å². The number of rotatable bonds is 5. The zero-order valence-electron chi connectivity index (χ0n) is 6.95. The number of anilines is 1. The van der Waals surface area contributed by atoms with Crippen LogP contribution in [0.5, 0.6) is 0 Å². The zero-order chi connectivity index (χ0) is 8.81. The molecular weight excluding hydrogens is 192 g/mol. The molecule has 1 rings (SSSR count). The van der Waals surface area contributed by atoms with E-state index in [0.717, 1.165) is 23.8 Å². The predicted octanol–water partition coefficient (Wildman–Crippen LogP) is 1.32. The molecule has 0 aliphatic carbocycles. The average Bonchev–Trinajstić information content (AvgIpc) is 2.49. The van der Waals surface area contributed by atoms with Gasteiger partial charge >= 0.3 is 0 Å². The Morgan fingerprint density at radius 3 is 3.17 bits per heavy atom. The highest BCUT2D eigenvalue weighted by atomic mass is 32.2.